The average molecular weight is 242 g/mol. The first kappa shape index (κ1) is 13.6. The molecule has 1 atom stereocenters. The van der Waals surface area contributed by atoms with E-state index in [0.717, 1.165) is 12.8 Å². The summed E-state index contributed by atoms with van der Waals surface area (Å²) in [5.41, 5.74) is 5.47. The maximum absolute atomic E-state index is 11.9. The molecule has 2 amide bonds. The molecule has 1 aliphatic rings. The van der Waals surface area contributed by atoms with Gasteiger partial charge in [-0.2, -0.15) is 0 Å². The van der Waals surface area contributed by atoms with Crippen LogP contribution in [0.5, 0.6) is 0 Å². The van der Waals surface area contributed by atoms with Gasteiger partial charge in [-0.1, -0.05) is 24.4 Å². The van der Waals surface area contributed by atoms with E-state index < -0.39 is 6.04 Å². The first-order valence-corrected chi connectivity index (χ1v) is 6.07. The minimum Gasteiger partial charge on any atom is -0.409 e. The maximum Gasteiger partial charge on any atom is 0.317 e. The molecule has 6 heteroatoms. The molecule has 1 aliphatic carbocycles. The molecule has 98 valence electrons. The Morgan fingerprint density at radius 2 is 2.06 bits per heavy atom. The van der Waals surface area contributed by atoms with E-state index >= 15 is 0 Å². The third kappa shape index (κ3) is 3.80. The Hall–Kier alpha value is -1.46. The molecule has 0 aromatic carbocycles. The number of hydrogen-bond donors (Lipinski definition) is 3. The zero-order valence-electron chi connectivity index (χ0n) is 10.5. The number of nitrogens with two attached hydrogens (primary N) is 1. The van der Waals surface area contributed by atoms with E-state index in [9.17, 15) is 4.79 Å². The number of amidine groups is 1. The van der Waals surface area contributed by atoms with Crippen LogP contribution in [0.15, 0.2) is 5.16 Å². The highest BCUT2D eigenvalue weighted by Crippen LogP contribution is 2.17. The highest BCUT2D eigenvalue weighted by molar-refractivity contribution is 5.89. The zero-order chi connectivity index (χ0) is 12.8. The standard InChI is InChI=1S/C11H22N4O2/c1-8(10(12)14-17)15(2)11(16)13-9-6-4-3-5-7-9/h8-9,17H,3-7H2,1-2H3,(H2,12,14)(H,13,16). The van der Waals surface area contributed by atoms with Crippen molar-refractivity contribution in [3.05, 3.63) is 0 Å². The molecule has 0 bridgehead atoms. The fourth-order valence-electron chi connectivity index (χ4n) is 1.98. The van der Waals surface area contributed by atoms with Gasteiger partial charge in [0.1, 0.15) is 0 Å². The van der Waals surface area contributed by atoms with Crippen LogP contribution < -0.4 is 11.1 Å². The smallest absolute Gasteiger partial charge is 0.317 e. The van der Waals surface area contributed by atoms with Crippen molar-refractivity contribution in [1.29, 1.82) is 0 Å². The predicted molar refractivity (Wildman–Crippen MR) is 66.0 cm³/mol. The Balaban J connectivity index is 2.45. The topological polar surface area (TPSA) is 91.0 Å². The Labute approximate surface area is 102 Å². The van der Waals surface area contributed by atoms with E-state index in [-0.39, 0.29) is 17.9 Å². The largest absolute Gasteiger partial charge is 0.409 e. The lowest BCUT2D eigenvalue weighted by Gasteiger charge is -2.28. The highest BCUT2D eigenvalue weighted by atomic mass is 16.4. The molecule has 0 aromatic heterocycles. The van der Waals surface area contributed by atoms with Crippen LogP contribution in [0, 0.1) is 0 Å². The number of nitrogens with one attached hydrogen (secondary N) is 1. The molecule has 0 saturated heterocycles. The molecule has 1 saturated carbocycles. The van der Waals surface area contributed by atoms with Crippen LogP contribution in [-0.2, 0) is 0 Å². The summed E-state index contributed by atoms with van der Waals surface area (Å²) in [5, 5.41) is 14.4. The fourth-order valence-corrected chi connectivity index (χ4v) is 1.98. The second kappa shape index (κ2) is 6.32. The van der Waals surface area contributed by atoms with Crippen LogP contribution in [-0.4, -0.2) is 41.1 Å². The summed E-state index contributed by atoms with van der Waals surface area (Å²) >= 11 is 0. The van der Waals surface area contributed by atoms with Gasteiger partial charge in [0, 0.05) is 13.1 Å². The lowest BCUT2D eigenvalue weighted by Crippen LogP contribution is -2.50. The van der Waals surface area contributed by atoms with Crippen molar-refractivity contribution < 1.29 is 10.0 Å². The molecule has 0 aliphatic heterocycles. The molecular weight excluding hydrogens is 220 g/mol. The molecular formula is C11H22N4O2. The van der Waals surface area contributed by atoms with Gasteiger partial charge in [0.15, 0.2) is 5.84 Å². The Kier molecular flexibility index (Phi) is 5.06. The molecule has 1 rings (SSSR count). The predicted octanol–water partition coefficient (Wildman–Crippen LogP) is 1.10. The second-order valence-corrected chi connectivity index (χ2v) is 4.60. The number of rotatable bonds is 3. The van der Waals surface area contributed by atoms with Crippen molar-refractivity contribution in [3.63, 3.8) is 0 Å². The van der Waals surface area contributed by atoms with Crippen LogP contribution in [0.3, 0.4) is 0 Å². The zero-order valence-corrected chi connectivity index (χ0v) is 10.5. The molecule has 6 nitrogen and oxygen atoms in total. The van der Waals surface area contributed by atoms with E-state index in [2.05, 4.69) is 10.5 Å². The summed E-state index contributed by atoms with van der Waals surface area (Å²) in [6, 6.07) is -0.321. The van der Waals surface area contributed by atoms with E-state index in [0.29, 0.717) is 0 Å². The van der Waals surface area contributed by atoms with Gasteiger partial charge in [0.25, 0.3) is 0 Å². The lowest BCUT2D eigenvalue weighted by molar-refractivity contribution is 0.195. The lowest BCUT2D eigenvalue weighted by atomic mass is 9.96. The highest BCUT2D eigenvalue weighted by Gasteiger charge is 2.22. The number of nitrogens with zero attached hydrogens (tertiary/aromatic N) is 2. The first-order chi connectivity index (χ1) is 8.06. The normalized spacial score (nSPS) is 19.8. The average Bonchev–Trinajstić information content (AvgIpc) is 2.37. The van der Waals surface area contributed by atoms with E-state index in [1.54, 1.807) is 14.0 Å². The van der Waals surface area contributed by atoms with Crippen molar-refractivity contribution in [1.82, 2.24) is 10.2 Å². The van der Waals surface area contributed by atoms with Gasteiger partial charge >= 0.3 is 6.03 Å². The molecule has 0 spiro atoms. The van der Waals surface area contributed by atoms with Gasteiger partial charge in [-0.25, -0.2) is 4.79 Å². The molecule has 0 radical (unpaired) electrons. The van der Waals surface area contributed by atoms with Crippen LogP contribution >= 0.6 is 0 Å². The van der Waals surface area contributed by atoms with Gasteiger partial charge < -0.3 is 21.2 Å². The second-order valence-electron chi connectivity index (χ2n) is 4.60. The van der Waals surface area contributed by atoms with Gasteiger partial charge in [-0.3, -0.25) is 0 Å². The third-order valence-corrected chi connectivity index (χ3v) is 3.38. The van der Waals surface area contributed by atoms with Crippen molar-refractivity contribution in [3.8, 4) is 0 Å². The number of amides is 2. The maximum atomic E-state index is 11.9. The molecule has 0 aromatic rings. The molecule has 1 fully saturated rings. The van der Waals surface area contributed by atoms with E-state index in [1.165, 1.54) is 24.2 Å². The van der Waals surface area contributed by atoms with Crippen LogP contribution in [0.1, 0.15) is 39.0 Å². The van der Waals surface area contributed by atoms with Crippen molar-refractivity contribution in [2.75, 3.05) is 7.05 Å². The third-order valence-electron chi connectivity index (χ3n) is 3.38. The number of urea groups is 1. The first-order valence-electron chi connectivity index (χ1n) is 6.07. The van der Waals surface area contributed by atoms with Gasteiger partial charge in [-0.15, -0.1) is 0 Å². The quantitative estimate of drug-likeness (QED) is 0.299. The van der Waals surface area contributed by atoms with Gasteiger partial charge in [0.2, 0.25) is 0 Å². The van der Waals surface area contributed by atoms with E-state index in [4.69, 9.17) is 10.9 Å². The fraction of sp³-hybridized carbons (Fsp3) is 0.818. The van der Waals surface area contributed by atoms with Crippen molar-refractivity contribution in [2.45, 2.75) is 51.1 Å². The number of hydrogen-bond acceptors (Lipinski definition) is 3. The Morgan fingerprint density at radius 1 is 1.47 bits per heavy atom. The number of carbonyl (C=O) groups excluding carboxylic acids is 1. The summed E-state index contributed by atoms with van der Waals surface area (Å²) in [7, 11) is 1.64. The van der Waals surface area contributed by atoms with E-state index in [1.807, 2.05) is 0 Å². The van der Waals surface area contributed by atoms with Crippen LogP contribution in [0.4, 0.5) is 4.79 Å². The number of likely N-dealkylation sites (N-methyl/N-ethyl adjacent to an activating group) is 1. The molecule has 1 unspecified atom stereocenters. The molecule has 4 N–H and O–H groups in total. The number of carbonyl (C=O) groups is 1. The Bertz CT molecular complexity index is 287. The summed E-state index contributed by atoms with van der Waals surface area (Å²) in [6.45, 7) is 1.72. The van der Waals surface area contributed by atoms with Crippen molar-refractivity contribution >= 4 is 11.9 Å². The summed E-state index contributed by atoms with van der Waals surface area (Å²) < 4.78 is 0. The SMILES string of the molecule is CC(C(N)=NO)N(C)C(=O)NC1CCCCC1. The Morgan fingerprint density at radius 3 is 2.59 bits per heavy atom. The number of oxime groups is 1. The molecule has 0 heterocycles. The summed E-state index contributed by atoms with van der Waals surface area (Å²) in [4.78, 5) is 13.3. The van der Waals surface area contributed by atoms with Crippen molar-refractivity contribution in [2.24, 2.45) is 10.9 Å². The van der Waals surface area contributed by atoms with Crippen LogP contribution in [0.2, 0.25) is 0 Å². The minimum atomic E-state index is -0.413. The minimum absolute atomic E-state index is 0.0336. The van der Waals surface area contributed by atoms with Crippen LogP contribution in [0.25, 0.3) is 0 Å². The summed E-state index contributed by atoms with van der Waals surface area (Å²) in [6.07, 6.45) is 5.67. The van der Waals surface area contributed by atoms with Gasteiger partial charge in [-0.05, 0) is 19.8 Å². The molecule has 17 heavy (non-hydrogen) atoms. The monoisotopic (exact) mass is 242 g/mol. The van der Waals surface area contributed by atoms with Gasteiger partial charge in [0.05, 0.1) is 6.04 Å². The summed E-state index contributed by atoms with van der Waals surface area (Å²) in [5.74, 6) is 0.0336.